The Balaban J connectivity index is 1.15. The number of benzene rings is 3. The van der Waals surface area contributed by atoms with Crippen LogP contribution in [0.1, 0.15) is 70.6 Å². The number of rotatable bonds is 6. The first-order chi connectivity index (χ1) is 19.5. The number of nitrogens with zero attached hydrogens (tertiary/aromatic N) is 2. The lowest BCUT2D eigenvalue weighted by atomic mass is 9.77. The summed E-state index contributed by atoms with van der Waals surface area (Å²) < 4.78 is 0. The zero-order valence-electron chi connectivity index (χ0n) is 24.0. The maximum Gasteiger partial charge on any atom is 0.253 e. The van der Waals surface area contributed by atoms with Crippen molar-refractivity contribution in [2.45, 2.75) is 50.4 Å². The van der Waals surface area contributed by atoms with Crippen molar-refractivity contribution < 1.29 is 4.79 Å². The maximum absolute atomic E-state index is 13.8. The zero-order valence-corrected chi connectivity index (χ0v) is 24.0. The molecular weight excluding hydrogens is 488 g/mol. The van der Waals surface area contributed by atoms with Crippen molar-refractivity contribution in [2.75, 3.05) is 32.7 Å². The number of piperidine rings is 1. The molecule has 0 N–H and O–H groups in total. The third-order valence-electron chi connectivity index (χ3n) is 9.59. The summed E-state index contributed by atoms with van der Waals surface area (Å²) in [5.41, 5.74) is 6.21. The molecule has 2 fully saturated rings. The Bertz CT molecular complexity index is 1370. The quantitative estimate of drug-likeness (QED) is 0.329. The van der Waals surface area contributed by atoms with E-state index in [9.17, 15) is 4.79 Å². The van der Waals surface area contributed by atoms with Crippen LogP contribution in [0.25, 0.3) is 0 Å². The fourth-order valence-corrected chi connectivity index (χ4v) is 7.12. The van der Waals surface area contributed by atoms with Crippen LogP contribution in [0.3, 0.4) is 0 Å². The summed E-state index contributed by atoms with van der Waals surface area (Å²) in [7, 11) is 0. The van der Waals surface area contributed by atoms with Crippen LogP contribution < -0.4 is 0 Å². The molecule has 1 aliphatic carbocycles. The Hall–Kier alpha value is -3.43. The minimum atomic E-state index is -0.000701. The molecule has 0 aromatic heterocycles. The van der Waals surface area contributed by atoms with E-state index in [2.05, 4.69) is 115 Å². The second-order valence-corrected chi connectivity index (χ2v) is 12.5. The van der Waals surface area contributed by atoms with Gasteiger partial charge in [0, 0.05) is 36.5 Å². The van der Waals surface area contributed by atoms with E-state index in [1.54, 1.807) is 0 Å². The molecule has 3 atom stereocenters. The van der Waals surface area contributed by atoms with Gasteiger partial charge in [-0.05, 0) is 79.9 Å². The van der Waals surface area contributed by atoms with Crippen LogP contribution in [0.15, 0.2) is 103 Å². The predicted molar refractivity (Wildman–Crippen MR) is 165 cm³/mol. The van der Waals surface area contributed by atoms with Gasteiger partial charge in [0.2, 0.25) is 0 Å². The van der Waals surface area contributed by atoms with Crippen molar-refractivity contribution in [1.82, 2.24) is 9.80 Å². The smallest absolute Gasteiger partial charge is 0.253 e. The molecule has 3 heteroatoms. The number of hydrogen-bond acceptors (Lipinski definition) is 2. The molecule has 0 spiro atoms. The van der Waals surface area contributed by atoms with Gasteiger partial charge in [-0.1, -0.05) is 104 Å². The van der Waals surface area contributed by atoms with Crippen LogP contribution in [0.4, 0.5) is 0 Å². The molecule has 1 amide bonds. The third-order valence-corrected chi connectivity index (χ3v) is 9.59. The van der Waals surface area contributed by atoms with Crippen LogP contribution in [-0.2, 0) is 5.41 Å². The van der Waals surface area contributed by atoms with Gasteiger partial charge in [-0.2, -0.15) is 0 Å². The molecule has 2 aliphatic heterocycles. The van der Waals surface area contributed by atoms with Crippen molar-refractivity contribution in [2.24, 2.45) is 5.92 Å². The van der Waals surface area contributed by atoms with Crippen molar-refractivity contribution in [1.29, 1.82) is 0 Å². The van der Waals surface area contributed by atoms with E-state index in [1.165, 1.54) is 35.1 Å². The number of amides is 1. The monoisotopic (exact) mass is 530 g/mol. The van der Waals surface area contributed by atoms with Crippen LogP contribution in [0, 0.1) is 12.8 Å². The van der Waals surface area contributed by atoms with Gasteiger partial charge < -0.3 is 9.80 Å². The molecule has 3 aromatic carbocycles. The fourth-order valence-electron chi connectivity index (χ4n) is 7.12. The SMILES string of the molecule is Cc1cccc([C@H]2CN(C(=O)c3ccc(C4(C)C=CC=CC4)cc3)C[C@@H]2CN2CCC(c3ccccc3)CC2)c1. The molecule has 206 valence electrons. The topological polar surface area (TPSA) is 23.6 Å². The maximum atomic E-state index is 13.8. The molecule has 1 unspecified atom stereocenters. The summed E-state index contributed by atoms with van der Waals surface area (Å²) in [5, 5.41) is 0. The minimum absolute atomic E-state index is 0.000701. The zero-order chi connectivity index (χ0) is 27.5. The summed E-state index contributed by atoms with van der Waals surface area (Å²) in [4.78, 5) is 18.6. The number of hydrogen-bond donors (Lipinski definition) is 0. The highest BCUT2D eigenvalue weighted by molar-refractivity contribution is 5.94. The summed E-state index contributed by atoms with van der Waals surface area (Å²) in [6.07, 6.45) is 12.1. The minimum Gasteiger partial charge on any atom is -0.338 e. The second kappa shape index (κ2) is 11.6. The van der Waals surface area contributed by atoms with Crippen molar-refractivity contribution in [3.63, 3.8) is 0 Å². The second-order valence-electron chi connectivity index (χ2n) is 12.5. The van der Waals surface area contributed by atoms with Crippen molar-refractivity contribution in [3.8, 4) is 0 Å². The molecule has 40 heavy (non-hydrogen) atoms. The number of carbonyl (C=O) groups excluding carboxylic acids is 1. The molecule has 2 heterocycles. The number of allylic oxidation sites excluding steroid dienone is 4. The summed E-state index contributed by atoms with van der Waals surface area (Å²) >= 11 is 0. The molecular formula is C37H42N2O. The highest BCUT2D eigenvalue weighted by Crippen LogP contribution is 2.37. The fraction of sp³-hybridized carbons (Fsp3) is 0.378. The van der Waals surface area contributed by atoms with Crippen molar-refractivity contribution in [3.05, 3.63) is 131 Å². The summed E-state index contributed by atoms with van der Waals surface area (Å²) in [6, 6.07) is 28.3. The Morgan fingerprint density at radius 2 is 1.62 bits per heavy atom. The van der Waals surface area contributed by atoms with E-state index in [1.807, 2.05) is 12.1 Å². The van der Waals surface area contributed by atoms with Gasteiger partial charge in [0.15, 0.2) is 0 Å². The van der Waals surface area contributed by atoms with E-state index in [4.69, 9.17) is 0 Å². The lowest BCUT2D eigenvalue weighted by molar-refractivity contribution is 0.0781. The normalized spacial score (nSPS) is 25.4. The average Bonchev–Trinajstić information content (AvgIpc) is 3.42. The standard InChI is InChI=1S/C37H42N2O/c1-28-10-9-13-32(24-28)35-27-39(36(40)31-14-16-34(17-15-31)37(2)20-7-4-8-21-37)26-33(35)25-38-22-18-30(19-23-38)29-11-5-3-6-12-29/h3-17,20,24,30,33,35H,18-19,21-23,25-27H2,1-2H3/t33-,35+,37?/m0/s1. The predicted octanol–water partition coefficient (Wildman–Crippen LogP) is 7.50. The molecule has 3 aromatic rings. The molecule has 3 nitrogen and oxygen atoms in total. The van der Waals surface area contributed by atoms with E-state index in [-0.39, 0.29) is 11.3 Å². The van der Waals surface area contributed by atoms with Gasteiger partial charge in [-0.3, -0.25) is 4.79 Å². The summed E-state index contributed by atoms with van der Waals surface area (Å²) in [6.45, 7) is 9.38. The molecule has 3 aliphatic rings. The third kappa shape index (κ3) is 5.71. The first kappa shape index (κ1) is 26.8. The van der Waals surface area contributed by atoms with Gasteiger partial charge in [0.05, 0.1) is 0 Å². The number of carbonyl (C=O) groups is 1. The molecule has 2 saturated heterocycles. The van der Waals surface area contributed by atoms with E-state index < -0.39 is 0 Å². The highest BCUT2D eigenvalue weighted by atomic mass is 16.2. The molecule has 6 rings (SSSR count). The Morgan fingerprint density at radius 3 is 2.33 bits per heavy atom. The highest BCUT2D eigenvalue weighted by Gasteiger charge is 2.38. The largest absolute Gasteiger partial charge is 0.338 e. The van der Waals surface area contributed by atoms with Crippen LogP contribution in [0.5, 0.6) is 0 Å². The van der Waals surface area contributed by atoms with Gasteiger partial charge in [0.1, 0.15) is 0 Å². The Morgan fingerprint density at radius 1 is 0.875 bits per heavy atom. The Labute approximate surface area is 240 Å². The van der Waals surface area contributed by atoms with Crippen LogP contribution >= 0.6 is 0 Å². The summed E-state index contributed by atoms with van der Waals surface area (Å²) in [5.74, 6) is 1.64. The molecule has 0 bridgehead atoms. The van der Waals surface area contributed by atoms with Gasteiger partial charge in [-0.25, -0.2) is 0 Å². The molecule has 0 radical (unpaired) electrons. The van der Waals surface area contributed by atoms with E-state index in [0.717, 1.165) is 44.7 Å². The van der Waals surface area contributed by atoms with Crippen LogP contribution in [-0.4, -0.2) is 48.4 Å². The number of aryl methyl sites for hydroxylation is 1. The van der Waals surface area contributed by atoms with Gasteiger partial charge in [0.25, 0.3) is 5.91 Å². The van der Waals surface area contributed by atoms with E-state index >= 15 is 0 Å². The van der Waals surface area contributed by atoms with Gasteiger partial charge in [-0.15, -0.1) is 0 Å². The van der Waals surface area contributed by atoms with Crippen LogP contribution in [0.2, 0.25) is 0 Å². The number of likely N-dealkylation sites (tertiary alicyclic amines) is 2. The molecule has 0 saturated carbocycles. The Kier molecular flexibility index (Phi) is 7.76. The average molecular weight is 531 g/mol. The first-order valence-corrected chi connectivity index (χ1v) is 15.1. The van der Waals surface area contributed by atoms with E-state index in [0.29, 0.717) is 17.8 Å². The van der Waals surface area contributed by atoms with Crippen molar-refractivity contribution >= 4 is 5.91 Å². The van der Waals surface area contributed by atoms with Gasteiger partial charge >= 0.3 is 0 Å². The lowest BCUT2D eigenvalue weighted by Crippen LogP contribution is -2.38. The first-order valence-electron chi connectivity index (χ1n) is 15.1. The lowest BCUT2D eigenvalue weighted by Gasteiger charge is -2.35.